The maximum atomic E-state index is 12.3. The molecule has 112 valence electrons. The van der Waals surface area contributed by atoms with E-state index in [4.69, 9.17) is 9.84 Å². The lowest BCUT2D eigenvalue weighted by Gasteiger charge is -2.12. The summed E-state index contributed by atoms with van der Waals surface area (Å²) < 4.78 is 32.6. The van der Waals surface area contributed by atoms with E-state index >= 15 is 0 Å². The van der Waals surface area contributed by atoms with Crippen molar-refractivity contribution in [3.63, 3.8) is 0 Å². The van der Waals surface area contributed by atoms with E-state index in [1.807, 2.05) is 0 Å². The van der Waals surface area contributed by atoms with E-state index in [0.29, 0.717) is 24.1 Å². The van der Waals surface area contributed by atoms with E-state index < -0.39 is 10.0 Å². The van der Waals surface area contributed by atoms with E-state index in [9.17, 15) is 8.42 Å². The predicted octanol–water partition coefficient (Wildman–Crippen LogP) is 1.33. The normalized spacial score (nSPS) is 19.4. The molecule has 1 atom stereocenters. The Balaban J connectivity index is 2.01. The highest BCUT2D eigenvalue weighted by molar-refractivity contribution is 7.89. The number of nitrogens with one attached hydrogen (secondary N) is 1. The van der Waals surface area contributed by atoms with Crippen molar-refractivity contribution in [3.8, 4) is 0 Å². The first-order chi connectivity index (χ1) is 9.53. The van der Waals surface area contributed by atoms with Crippen LogP contribution < -0.4 is 4.72 Å². The van der Waals surface area contributed by atoms with Gasteiger partial charge < -0.3 is 9.84 Å². The average Bonchev–Trinajstić information content (AvgIpc) is 2.92. The largest absolute Gasteiger partial charge is 0.392 e. The van der Waals surface area contributed by atoms with Gasteiger partial charge in [-0.1, -0.05) is 12.1 Å². The van der Waals surface area contributed by atoms with E-state index in [-0.39, 0.29) is 17.6 Å². The van der Waals surface area contributed by atoms with Crippen LogP contribution in [0, 0.1) is 6.92 Å². The Bertz CT molecular complexity index is 550. The molecule has 0 saturated carbocycles. The molecule has 2 rings (SSSR count). The second-order valence-electron chi connectivity index (χ2n) is 5.08. The number of benzene rings is 1. The fourth-order valence-corrected chi connectivity index (χ4v) is 3.68. The van der Waals surface area contributed by atoms with Crippen LogP contribution in [0.2, 0.25) is 0 Å². The van der Waals surface area contributed by atoms with Crippen LogP contribution in [0.25, 0.3) is 0 Å². The number of ether oxygens (including phenoxy) is 1. The molecule has 0 radical (unpaired) electrons. The lowest BCUT2D eigenvalue weighted by Crippen LogP contribution is -2.28. The molecule has 0 aliphatic carbocycles. The Morgan fingerprint density at radius 1 is 1.45 bits per heavy atom. The second-order valence-corrected chi connectivity index (χ2v) is 6.81. The highest BCUT2D eigenvalue weighted by Gasteiger charge is 2.19. The van der Waals surface area contributed by atoms with Gasteiger partial charge in [-0.15, -0.1) is 0 Å². The van der Waals surface area contributed by atoms with Crippen molar-refractivity contribution in [1.82, 2.24) is 4.72 Å². The minimum Gasteiger partial charge on any atom is -0.392 e. The molecule has 20 heavy (non-hydrogen) atoms. The number of sulfonamides is 1. The van der Waals surface area contributed by atoms with Crippen LogP contribution in [0.3, 0.4) is 0 Å². The van der Waals surface area contributed by atoms with E-state index in [0.717, 1.165) is 19.4 Å². The van der Waals surface area contributed by atoms with Crippen molar-refractivity contribution in [2.75, 3.05) is 13.2 Å². The fraction of sp³-hybridized carbons (Fsp3) is 0.571. The van der Waals surface area contributed by atoms with Gasteiger partial charge >= 0.3 is 0 Å². The van der Waals surface area contributed by atoms with Gasteiger partial charge in [0.05, 0.1) is 17.6 Å². The molecule has 1 fully saturated rings. The molecule has 1 aromatic rings. The summed E-state index contributed by atoms with van der Waals surface area (Å²) in [7, 11) is -3.53. The third-order valence-electron chi connectivity index (χ3n) is 3.51. The number of rotatable bonds is 6. The molecule has 1 heterocycles. The van der Waals surface area contributed by atoms with Gasteiger partial charge in [-0.25, -0.2) is 13.1 Å². The zero-order valence-corrected chi connectivity index (χ0v) is 12.4. The van der Waals surface area contributed by atoms with Gasteiger partial charge in [0.15, 0.2) is 0 Å². The first kappa shape index (κ1) is 15.4. The van der Waals surface area contributed by atoms with Crippen LogP contribution in [-0.4, -0.2) is 32.8 Å². The van der Waals surface area contributed by atoms with Gasteiger partial charge in [-0.2, -0.15) is 0 Å². The maximum absolute atomic E-state index is 12.3. The summed E-state index contributed by atoms with van der Waals surface area (Å²) in [5.74, 6) is 0. The number of aliphatic hydroxyl groups is 1. The summed E-state index contributed by atoms with van der Waals surface area (Å²) in [6, 6.07) is 4.95. The molecule has 0 amide bonds. The highest BCUT2D eigenvalue weighted by atomic mass is 32.2. The van der Waals surface area contributed by atoms with Crippen LogP contribution in [0.15, 0.2) is 23.1 Å². The third kappa shape index (κ3) is 3.79. The third-order valence-corrected chi connectivity index (χ3v) is 5.11. The molecule has 1 unspecified atom stereocenters. The zero-order chi connectivity index (χ0) is 14.6. The second kappa shape index (κ2) is 6.67. The highest BCUT2D eigenvalue weighted by Crippen LogP contribution is 2.18. The van der Waals surface area contributed by atoms with Gasteiger partial charge in [-0.3, -0.25) is 0 Å². The van der Waals surface area contributed by atoms with Crippen molar-refractivity contribution in [3.05, 3.63) is 29.3 Å². The van der Waals surface area contributed by atoms with Gasteiger partial charge in [0.2, 0.25) is 10.0 Å². The van der Waals surface area contributed by atoms with Crippen molar-refractivity contribution in [1.29, 1.82) is 0 Å². The summed E-state index contributed by atoms with van der Waals surface area (Å²) in [5.41, 5.74) is 1.27. The first-order valence-corrected chi connectivity index (χ1v) is 8.33. The first-order valence-electron chi connectivity index (χ1n) is 6.84. The number of aryl methyl sites for hydroxylation is 1. The number of hydrogen-bond acceptors (Lipinski definition) is 4. The molecular weight excluding hydrogens is 278 g/mol. The maximum Gasteiger partial charge on any atom is 0.240 e. The smallest absolute Gasteiger partial charge is 0.240 e. The monoisotopic (exact) mass is 299 g/mol. The van der Waals surface area contributed by atoms with Crippen molar-refractivity contribution < 1.29 is 18.3 Å². The summed E-state index contributed by atoms with van der Waals surface area (Å²) in [6.07, 6.45) is 2.91. The SMILES string of the molecule is Cc1ccc(CO)cc1S(=O)(=O)NCCC1CCCO1. The van der Waals surface area contributed by atoms with Crippen LogP contribution in [0.5, 0.6) is 0 Å². The Labute approximate surface area is 120 Å². The lowest BCUT2D eigenvalue weighted by atomic mass is 10.2. The van der Waals surface area contributed by atoms with Crippen LogP contribution in [0.1, 0.15) is 30.4 Å². The lowest BCUT2D eigenvalue weighted by molar-refractivity contribution is 0.105. The van der Waals surface area contributed by atoms with Gasteiger partial charge in [0.1, 0.15) is 0 Å². The average molecular weight is 299 g/mol. The Kier molecular flexibility index (Phi) is 5.15. The van der Waals surface area contributed by atoms with Gasteiger partial charge in [0.25, 0.3) is 0 Å². The van der Waals surface area contributed by atoms with Crippen molar-refractivity contribution >= 4 is 10.0 Å². The topological polar surface area (TPSA) is 75.6 Å². The van der Waals surface area contributed by atoms with Crippen LogP contribution in [0.4, 0.5) is 0 Å². The van der Waals surface area contributed by atoms with E-state index in [2.05, 4.69) is 4.72 Å². The molecular formula is C14H21NO4S. The summed E-state index contributed by atoms with van der Waals surface area (Å²) in [6.45, 7) is 2.72. The molecule has 0 bridgehead atoms. The number of hydrogen-bond donors (Lipinski definition) is 2. The quantitative estimate of drug-likeness (QED) is 0.831. The number of aliphatic hydroxyl groups excluding tert-OH is 1. The minimum absolute atomic E-state index is 0.168. The molecule has 0 aromatic heterocycles. The van der Waals surface area contributed by atoms with Crippen molar-refractivity contribution in [2.24, 2.45) is 0 Å². The van der Waals surface area contributed by atoms with Crippen LogP contribution >= 0.6 is 0 Å². The summed E-state index contributed by atoms with van der Waals surface area (Å²) in [5, 5.41) is 9.11. The predicted molar refractivity (Wildman–Crippen MR) is 75.9 cm³/mol. The van der Waals surface area contributed by atoms with Gasteiger partial charge in [0, 0.05) is 13.2 Å². The van der Waals surface area contributed by atoms with E-state index in [1.54, 1.807) is 19.1 Å². The standard InChI is InChI=1S/C14H21NO4S/c1-11-4-5-12(10-16)9-14(11)20(17,18)15-7-6-13-3-2-8-19-13/h4-5,9,13,15-16H,2-3,6-8,10H2,1H3. The van der Waals surface area contributed by atoms with Crippen LogP contribution in [-0.2, 0) is 21.4 Å². The zero-order valence-electron chi connectivity index (χ0n) is 11.6. The molecule has 1 aliphatic heterocycles. The molecule has 1 aromatic carbocycles. The molecule has 2 N–H and O–H groups in total. The molecule has 6 heteroatoms. The Hall–Kier alpha value is -0.950. The van der Waals surface area contributed by atoms with Gasteiger partial charge in [-0.05, 0) is 43.4 Å². The molecule has 1 aliphatic rings. The van der Waals surface area contributed by atoms with E-state index in [1.165, 1.54) is 6.07 Å². The summed E-state index contributed by atoms with van der Waals surface area (Å²) >= 11 is 0. The minimum atomic E-state index is -3.53. The Morgan fingerprint density at radius 2 is 2.25 bits per heavy atom. The summed E-state index contributed by atoms with van der Waals surface area (Å²) in [4.78, 5) is 0.233. The fourth-order valence-electron chi connectivity index (χ4n) is 2.34. The van der Waals surface area contributed by atoms with Crippen molar-refractivity contribution in [2.45, 2.75) is 43.8 Å². The molecule has 0 spiro atoms. The Morgan fingerprint density at radius 3 is 2.90 bits per heavy atom. The molecule has 5 nitrogen and oxygen atoms in total. The molecule has 1 saturated heterocycles.